The topological polar surface area (TPSA) is 17.0 Å². The Morgan fingerprint density at radius 3 is 2.45 bits per heavy atom. The molecule has 2 heteroatoms. The molecule has 1 aliphatic rings. The van der Waals surface area contributed by atoms with E-state index in [1.165, 1.54) is 0 Å². The average Bonchev–Trinajstić information content (AvgIpc) is 3.32. The van der Waals surface area contributed by atoms with Gasteiger partial charge in [0, 0.05) is 27.9 Å². The third-order valence-corrected chi connectivity index (χ3v) is 8.92. The Morgan fingerprint density at radius 1 is 0.975 bits per heavy atom. The van der Waals surface area contributed by atoms with E-state index >= 15 is 0 Å². The summed E-state index contributed by atoms with van der Waals surface area (Å²) in [4.78, 5) is 0. The van der Waals surface area contributed by atoms with Gasteiger partial charge in [0.1, 0.15) is 18.2 Å². The van der Waals surface area contributed by atoms with Gasteiger partial charge in [0.25, 0.3) is 0 Å². The summed E-state index contributed by atoms with van der Waals surface area (Å²) in [6.07, 6.45) is 5.12. The number of para-hydroxylation sites is 1. The van der Waals surface area contributed by atoms with Crippen molar-refractivity contribution in [3.63, 3.8) is 0 Å². The highest BCUT2D eigenvalue weighted by Gasteiger charge is 2.30. The molecule has 0 aliphatic heterocycles. The van der Waals surface area contributed by atoms with E-state index in [0.29, 0.717) is 11.1 Å². The van der Waals surface area contributed by atoms with Crippen molar-refractivity contribution in [2.75, 3.05) is 0 Å². The molecule has 1 saturated carbocycles. The summed E-state index contributed by atoms with van der Waals surface area (Å²) >= 11 is 0. The fourth-order valence-electron chi connectivity index (χ4n) is 6.34. The molecule has 40 heavy (non-hydrogen) atoms. The van der Waals surface area contributed by atoms with Crippen LogP contribution in [-0.4, -0.2) is 0 Å². The second-order valence-corrected chi connectivity index (χ2v) is 13.5. The summed E-state index contributed by atoms with van der Waals surface area (Å²) in [7, 11) is 1.87. The monoisotopic (exact) mass is 535 g/mol. The van der Waals surface area contributed by atoms with Gasteiger partial charge in [-0.25, -0.2) is 4.57 Å². The first-order valence-corrected chi connectivity index (χ1v) is 14.5. The molecule has 206 valence electrons. The summed E-state index contributed by atoms with van der Waals surface area (Å²) in [6, 6.07) is 18.3. The van der Waals surface area contributed by atoms with Gasteiger partial charge in [0.15, 0.2) is 6.20 Å². The number of rotatable bonds is 3. The van der Waals surface area contributed by atoms with Crippen LogP contribution in [0.3, 0.4) is 0 Å². The van der Waals surface area contributed by atoms with E-state index in [9.17, 15) is 2.74 Å². The minimum atomic E-state index is -2.40. The quantitative estimate of drug-likeness (QED) is 0.210. The first-order valence-electron chi connectivity index (χ1n) is 17.0. The van der Waals surface area contributed by atoms with Crippen molar-refractivity contribution >= 4 is 21.9 Å². The predicted octanol–water partition coefficient (Wildman–Crippen LogP) is 10.3. The van der Waals surface area contributed by atoms with Crippen LogP contribution in [0.15, 0.2) is 71.3 Å². The van der Waals surface area contributed by atoms with Crippen LogP contribution in [0.5, 0.6) is 0 Å². The molecule has 0 radical (unpaired) electrons. The lowest BCUT2D eigenvalue weighted by Gasteiger charge is -2.35. The van der Waals surface area contributed by atoms with Gasteiger partial charge in [-0.15, -0.1) is 0 Å². The summed E-state index contributed by atoms with van der Waals surface area (Å²) in [5.74, 6) is -0.765. The lowest BCUT2D eigenvalue weighted by atomic mass is 9.70. The highest BCUT2D eigenvalue weighted by molar-refractivity contribution is 6.09. The molecule has 1 fully saturated rings. The Hall–Kier alpha value is -3.39. The van der Waals surface area contributed by atoms with E-state index in [1.807, 2.05) is 48.9 Å². The molecule has 0 atom stereocenters. The second kappa shape index (κ2) is 9.61. The third kappa shape index (κ3) is 4.66. The number of aromatic nitrogens is 1. The zero-order valence-electron chi connectivity index (χ0n) is 30.0. The first kappa shape index (κ1) is 21.4. The molecular formula is C38H44NO+. The fourth-order valence-corrected chi connectivity index (χ4v) is 6.34. The molecule has 0 unspecified atom stereocenters. The smallest absolute Gasteiger partial charge is 0.216 e. The average molecular weight is 536 g/mol. The lowest BCUT2D eigenvalue weighted by Crippen LogP contribution is -2.31. The largest absolute Gasteiger partial charge is 0.455 e. The molecule has 2 aromatic heterocycles. The van der Waals surface area contributed by atoms with Gasteiger partial charge < -0.3 is 4.42 Å². The second-order valence-electron chi connectivity index (χ2n) is 13.5. The molecule has 5 aromatic rings. The Kier molecular flexibility index (Phi) is 5.14. The van der Waals surface area contributed by atoms with Gasteiger partial charge in [-0.1, -0.05) is 83.1 Å². The number of furan rings is 1. The van der Waals surface area contributed by atoms with Crippen LogP contribution in [-0.2, 0) is 12.5 Å². The zero-order chi connectivity index (χ0) is 32.7. The number of pyridine rings is 1. The molecule has 6 rings (SSSR count). The Morgan fingerprint density at radius 2 is 1.73 bits per heavy atom. The normalized spacial score (nSPS) is 19.1. The van der Waals surface area contributed by atoms with Crippen molar-refractivity contribution in [2.45, 2.75) is 85.4 Å². The maximum atomic E-state index is 9.49. The van der Waals surface area contributed by atoms with Crippen molar-refractivity contribution in [1.82, 2.24) is 0 Å². The van der Waals surface area contributed by atoms with Gasteiger partial charge in [-0.2, -0.15) is 0 Å². The first-order chi connectivity index (χ1) is 20.9. The van der Waals surface area contributed by atoms with Crippen LogP contribution in [0.1, 0.15) is 95.3 Å². The summed E-state index contributed by atoms with van der Waals surface area (Å²) in [5.41, 5.74) is 7.21. The van der Waals surface area contributed by atoms with Crippen LogP contribution >= 0.6 is 0 Å². The molecule has 0 spiro atoms. The highest BCUT2D eigenvalue weighted by Crippen LogP contribution is 2.45. The number of nitrogens with zero attached hydrogens (tertiary/aromatic N) is 1. The standard InChI is InChI=1S/C38H44NO/c1-24-13-15-30-29-11-9-10-12-34(29)40-36(30)35(24)33-22-31(25(2)23-39(33)8)28-16-14-27(21-32(28)37(3,4)5)26-17-19-38(6,7)20-18-26/h9-16,21-23,26H,17-20H2,1-8H3/q+1/i2D3,16D,26D. The van der Waals surface area contributed by atoms with Crippen LogP contribution in [0.4, 0.5) is 0 Å². The minimum absolute atomic E-state index is 0.204. The molecule has 0 N–H and O–H groups in total. The number of benzene rings is 3. The Balaban J connectivity index is 1.64. The number of aryl methyl sites for hydroxylation is 3. The van der Waals surface area contributed by atoms with Crippen molar-refractivity contribution < 1.29 is 15.8 Å². The number of hydrogen-bond acceptors (Lipinski definition) is 1. The van der Waals surface area contributed by atoms with Crippen molar-refractivity contribution in [3.8, 4) is 22.4 Å². The maximum absolute atomic E-state index is 9.49. The van der Waals surface area contributed by atoms with Crippen LogP contribution in [0, 0.1) is 19.2 Å². The van der Waals surface area contributed by atoms with E-state index in [4.69, 9.17) is 8.53 Å². The highest BCUT2D eigenvalue weighted by atomic mass is 16.3. The van der Waals surface area contributed by atoms with E-state index in [2.05, 4.69) is 58.9 Å². The number of fused-ring (bicyclic) bond motifs is 3. The molecule has 2 nitrogen and oxygen atoms in total. The SMILES string of the molecule is [2H]c1cc(C2([2H])CCC(C)(C)CC2)cc(C(C)(C)C)c1-c1cc(-c2c(C)ccc3c2oc2ccccc23)[n+](C)cc1C([2H])([2H])[2H]. The fraction of sp³-hybridized carbons (Fsp3) is 0.395. The van der Waals surface area contributed by atoms with E-state index in [1.54, 1.807) is 6.20 Å². The third-order valence-electron chi connectivity index (χ3n) is 8.92. The zero-order valence-corrected chi connectivity index (χ0v) is 25.0. The molecule has 1 aliphatic carbocycles. The molecule has 2 heterocycles. The summed E-state index contributed by atoms with van der Waals surface area (Å²) in [5, 5.41) is 2.04. The van der Waals surface area contributed by atoms with E-state index in [0.717, 1.165) is 75.6 Å². The van der Waals surface area contributed by atoms with Gasteiger partial charge in [0.05, 0.1) is 6.93 Å². The van der Waals surface area contributed by atoms with Crippen molar-refractivity contribution in [2.24, 2.45) is 12.5 Å². The van der Waals surface area contributed by atoms with Crippen molar-refractivity contribution in [3.05, 3.63) is 89.1 Å². The van der Waals surface area contributed by atoms with E-state index < -0.39 is 18.2 Å². The van der Waals surface area contributed by atoms with Gasteiger partial charge in [-0.05, 0) is 90.1 Å². The summed E-state index contributed by atoms with van der Waals surface area (Å²) in [6.45, 7) is 10.5. The van der Waals surface area contributed by atoms with Gasteiger partial charge in [0.2, 0.25) is 5.69 Å². The van der Waals surface area contributed by atoms with Crippen molar-refractivity contribution in [1.29, 1.82) is 0 Å². The number of hydrogen-bond donors (Lipinski definition) is 0. The molecule has 0 bridgehead atoms. The summed E-state index contributed by atoms with van der Waals surface area (Å²) < 4.78 is 52.9. The van der Waals surface area contributed by atoms with Gasteiger partial charge in [-0.3, -0.25) is 0 Å². The maximum Gasteiger partial charge on any atom is 0.216 e. The minimum Gasteiger partial charge on any atom is -0.455 e. The Labute approximate surface area is 247 Å². The molecule has 0 saturated heterocycles. The predicted molar refractivity (Wildman–Crippen MR) is 169 cm³/mol. The van der Waals surface area contributed by atoms with Crippen LogP contribution < -0.4 is 4.57 Å². The van der Waals surface area contributed by atoms with E-state index in [-0.39, 0.29) is 17.0 Å². The molecular weight excluding hydrogens is 486 g/mol. The van der Waals surface area contributed by atoms with Gasteiger partial charge >= 0.3 is 0 Å². The Bertz CT molecular complexity index is 1950. The molecule has 3 aromatic carbocycles. The van der Waals surface area contributed by atoms with Crippen LogP contribution in [0.25, 0.3) is 44.3 Å². The lowest BCUT2D eigenvalue weighted by molar-refractivity contribution is -0.660. The van der Waals surface area contributed by atoms with Crippen LogP contribution in [0.2, 0.25) is 0 Å². The molecule has 0 amide bonds.